The molecule has 4 heteroatoms. The van der Waals surface area contributed by atoms with E-state index in [2.05, 4.69) is 40.8 Å². The van der Waals surface area contributed by atoms with E-state index in [4.69, 9.17) is 4.98 Å². The van der Waals surface area contributed by atoms with Crippen molar-refractivity contribution in [3.8, 4) is 5.82 Å². The largest absolute Gasteiger partial charge is 0.316 e. The first-order chi connectivity index (χ1) is 9.78. The molecule has 0 aliphatic heterocycles. The second-order valence-electron chi connectivity index (χ2n) is 5.07. The summed E-state index contributed by atoms with van der Waals surface area (Å²) in [5.74, 6) is 2.08. The van der Waals surface area contributed by atoms with Crippen LogP contribution in [-0.4, -0.2) is 21.6 Å². The van der Waals surface area contributed by atoms with Crippen LogP contribution in [0.4, 0.5) is 0 Å². The summed E-state index contributed by atoms with van der Waals surface area (Å²) in [5, 5.41) is 3.21. The fraction of sp³-hybridized carbons (Fsp3) is 0.500. The van der Waals surface area contributed by atoms with Gasteiger partial charge in [-0.25, -0.2) is 9.97 Å². The number of rotatable bonds is 7. The summed E-state index contributed by atoms with van der Waals surface area (Å²) in [6.07, 6.45) is 8.07. The van der Waals surface area contributed by atoms with Gasteiger partial charge in [-0.1, -0.05) is 20.3 Å². The molecule has 0 unspecified atom stereocenters. The highest BCUT2D eigenvalue weighted by Crippen LogP contribution is 2.15. The normalized spacial score (nSPS) is 10.9. The SMILES string of the molecule is CCCc1cc(CNC)cc(-n2ccnc2CCC)n1. The standard InChI is InChI=1S/C16H24N4/c1-4-6-14-10-13(12-17-3)11-16(19-14)20-9-8-18-15(20)7-5-2/h8-11,17H,4-7,12H2,1-3H3. The van der Waals surface area contributed by atoms with Crippen molar-refractivity contribution in [1.82, 2.24) is 19.9 Å². The summed E-state index contributed by atoms with van der Waals surface area (Å²) < 4.78 is 2.11. The first-order valence-corrected chi connectivity index (χ1v) is 7.45. The third-order valence-electron chi connectivity index (χ3n) is 3.25. The maximum Gasteiger partial charge on any atom is 0.138 e. The van der Waals surface area contributed by atoms with E-state index < -0.39 is 0 Å². The minimum atomic E-state index is 0.865. The number of hydrogen-bond acceptors (Lipinski definition) is 3. The molecule has 0 fully saturated rings. The lowest BCUT2D eigenvalue weighted by atomic mass is 10.1. The van der Waals surface area contributed by atoms with E-state index >= 15 is 0 Å². The fourth-order valence-corrected chi connectivity index (χ4v) is 2.40. The summed E-state index contributed by atoms with van der Waals surface area (Å²) in [5.41, 5.74) is 2.43. The van der Waals surface area contributed by atoms with E-state index in [-0.39, 0.29) is 0 Å². The molecule has 2 heterocycles. The second kappa shape index (κ2) is 7.20. The van der Waals surface area contributed by atoms with Crippen molar-refractivity contribution in [2.45, 2.75) is 46.1 Å². The van der Waals surface area contributed by atoms with Gasteiger partial charge in [0.15, 0.2) is 0 Å². The topological polar surface area (TPSA) is 42.7 Å². The Hall–Kier alpha value is -1.68. The van der Waals surface area contributed by atoms with Crippen molar-refractivity contribution in [1.29, 1.82) is 0 Å². The van der Waals surface area contributed by atoms with Crippen LogP contribution in [0.5, 0.6) is 0 Å². The molecule has 2 aromatic heterocycles. The molecule has 0 saturated heterocycles. The summed E-state index contributed by atoms with van der Waals surface area (Å²) in [7, 11) is 1.97. The minimum Gasteiger partial charge on any atom is -0.316 e. The van der Waals surface area contributed by atoms with Crippen molar-refractivity contribution >= 4 is 0 Å². The first-order valence-electron chi connectivity index (χ1n) is 7.45. The van der Waals surface area contributed by atoms with Crippen LogP contribution in [0.25, 0.3) is 5.82 Å². The molecule has 4 nitrogen and oxygen atoms in total. The third kappa shape index (κ3) is 3.45. The lowest BCUT2D eigenvalue weighted by Gasteiger charge is -2.11. The minimum absolute atomic E-state index is 0.865. The maximum atomic E-state index is 4.79. The second-order valence-corrected chi connectivity index (χ2v) is 5.07. The summed E-state index contributed by atoms with van der Waals surface area (Å²) >= 11 is 0. The predicted octanol–water partition coefficient (Wildman–Crippen LogP) is 2.89. The zero-order valence-corrected chi connectivity index (χ0v) is 12.7. The Bertz CT molecular complexity index is 521. The highest BCUT2D eigenvalue weighted by Gasteiger charge is 2.08. The third-order valence-corrected chi connectivity index (χ3v) is 3.25. The Kier molecular flexibility index (Phi) is 5.30. The van der Waals surface area contributed by atoms with Gasteiger partial charge >= 0.3 is 0 Å². The zero-order valence-electron chi connectivity index (χ0n) is 12.7. The average Bonchev–Trinajstić information content (AvgIpc) is 2.88. The Morgan fingerprint density at radius 3 is 2.65 bits per heavy atom. The molecule has 0 aliphatic rings. The number of hydrogen-bond donors (Lipinski definition) is 1. The molecular weight excluding hydrogens is 248 g/mol. The van der Waals surface area contributed by atoms with Gasteiger partial charge in [0.2, 0.25) is 0 Å². The summed E-state index contributed by atoms with van der Waals surface area (Å²) in [6.45, 7) is 5.22. The molecule has 20 heavy (non-hydrogen) atoms. The molecule has 108 valence electrons. The molecule has 0 bridgehead atoms. The van der Waals surface area contributed by atoms with Gasteiger partial charge in [-0.3, -0.25) is 4.57 Å². The molecular formula is C16H24N4. The van der Waals surface area contributed by atoms with Gasteiger partial charge in [-0.2, -0.15) is 0 Å². The highest BCUT2D eigenvalue weighted by molar-refractivity contribution is 5.32. The Morgan fingerprint density at radius 2 is 1.95 bits per heavy atom. The van der Waals surface area contributed by atoms with Crippen LogP contribution >= 0.6 is 0 Å². The average molecular weight is 272 g/mol. The number of imidazole rings is 1. The van der Waals surface area contributed by atoms with Crippen LogP contribution in [0.2, 0.25) is 0 Å². The van der Waals surface area contributed by atoms with Crippen molar-refractivity contribution < 1.29 is 0 Å². The Labute approximate surface area is 121 Å². The number of pyridine rings is 1. The van der Waals surface area contributed by atoms with E-state index in [1.54, 1.807) is 0 Å². The Morgan fingerprint density at radius 1 is 1.15 bits per heavy atom. The van der Waals surface area contributed by atoms with Gasteiger partial charge in [0, 0.05) is 31.1 Å². The maximum absolute atomic E-state index is 4.79. The molecule has 0 aromatic carbocycles. The van der Waals surface area contributed by atoms with Crippen LogP contribution in [0.3, 0.4) is 0 Å². The van der Waals surface area contributed by atoms with Crippen LogP contribution < -0.4 is 5.32 Å². The molecule has 0 aliphatic carbocycles. The van der Waals surface area contributed by atoms with Crippen molar-refractivity contribution in [2.24, 2.45) is 0 Å². The fourth-order valence-electron chi connectivity index (χ4n) is 2.40. The van der Waals surface area contributed by atoms with E-state index in [1.807, 2.05) is 19.4 Å². The molecule has 0 radical (unpaired) electrons. The van der Waals surface area contributed by atoms with Crippen LogP contribution in [0.1, 0.15) is 43.8 Å². The van der Waals surface area contributed by atoms with Crippen LogP contribution in [0.15, 0.2) is 24.5 Å². The van der Waals surface area contributed by atoms with E-state index in [9.17, 15) is 0 Å². The Balaban J connectivity index is 2.40. The molecule has 0 spiro atoms. The first kappa shape index (κ1) is 14.7. The van der Waals surface area contributed by atoms with E-state index in [0.29, 0.717) is 0 Å². The number of nitrogens with one attached hydrogen (secondary N) is 1. The number of aryl methyl sites for hydroxylation is 2. The monoisotopic (exact) mass is 272 g/mol. The van der Waals surface area contributed by atoms with Crippen molar-refractivity contribution in [2.75, 3.05) is 7.05 Å². The lowest BCUT2D eigenvalue weighted by molar-refractivity contribution is 0.774. The highest BCUT2D eigenvalue weighted by atomic mass is 15.1. The molecule has 2 rings (SSSR count). The van der Waals surface area contributed by atoms with Crippen LogP contribution in [0, 0.1) is 0 Å². The molecule has 0 atom stereocenters. The number of nitrogens with zero attached hydrogens (tertiary/aromatic N) is 3. The van der Waals surface area contributed by atoms with Gasteiger partial charge in [0.25, 0.3) is 0 Å². The van der Waals surface area contributed by atoms with Crippen molar-refractivity contribution in [3.63, 3.8) is 0 Å². The van der Waals surface area contributed by atoms with E-state index in [1.165, 1.54) is 5.56 Å². The lowest BCUT2D eigenvalue weighted by Crippen LogP contribution is -2.09. The van der Waals surface area contributed by atoms with Crippen LogP contribution in [-0.2, 0) is 19.4 Å². The van der Waals surface area contributed by atoms with Gasteiger partial charge in [-0.15, -0.1) is 0 Å². The predicted molar refractivity (Wildman–Crippen MR) is 82.1 cm³/mol. The molecule has 1 N–H and O–H groups in total. The van der Waals surface area contributed by atoms with Gasteiger partial charge in [0.05, 0.1) is 0 Å². The zero-order chi connectivity index (χ0) is 14.4. The number of aromatic nitrogens is 3. The van der Waals surface area contributed by atoms with Crippen molar-refractivity contribution in [3.05, 3.63) is 41.6 Å². The molecule has 2 aromatic rings. The van der Waals surface area contributed by atoms with Gasteiger partial charge in [-0.05, 0) is 37.6 Å². The van der Waals surface area contributed by atoms with Gasteiger partial charge < -0.3 is 5.32 Å². The quantitative estimate of drug-likeness (QED) is 0.842. The smallest absolute Gasteiger partial charge is 0.138 e. The molecule has 0 saturated carbocycles. The summed E-state index contributed by atoms with van der Waals surface area (Å²) in [4.78, 5) is 9.23. The van der Waals surface area contributed by atoms with E-state index in [0.717, 1.165) is 49.6 Å². The molecule has 0 amide bonds. The van der Waals surface area contributed by atoms with Gasteiger partial charge in [0.1, 0.15) is 11.6 Å². The summed E-state index contributed by atoms with van der Waals surface area (Å²) in [6, 6.07) is 4.34.